The lowest BCUT2D eigenvalue weighted by Gasteiger charge is -2.21. The molecule has 0 radical (unpaired) electrons. The summed E-state index contributed by atoms with van der Waals surface area (Å²) in [5, 5.41) is 15.1. The van der Waals surface area contributed by atoms with Gasteiger partial charge in [-0.25, -0.2) is 0 Å². The number of amides is 1. The summed E-state index contributed by atoms with van der Waals surface area (Å²) in [5.41, 5.74) is 3.43. The monoisotopic (exact) mass is 327 g/mol. The van der Waals surface area contributed by atoms with E-state index in [-0.39, 0.29) is 25.1 Å². The van der Waals surface area contributed by atoms with Crippen LogP contribution in [0.15, 0.2) is 42.6 Å². The summed E-state index contributed by atoms with van der Waals surface area (Å²) in [6, 6.07) is 11.6. The van der Waals surface area contributed by atoms with Gasteiger partial charge in [0.1, 0.15) is 0 Å². The lowest BCUT2D eigenvalue weighted by molar-refractivity contribution is 0.0944. The van der Waals surface area contributed by atoms with Crippen molar-refractivity contribution in [1.29, 1.82) is 0 Å². The zero-order valence-electron chi connectivity index (χ0n) is 14.2. The summed E-state index contributed by atoms with van der Waals surface area (Å²) in [7, 11) is 0. The molecule has 0 aliphatic heterocycles. The lowest BCUT2D eigenvalue weighted by atomic mass is 10.0. The summed E-state index contributed by atoms with van der Waals surface area (Å²) in [6.07, 6.45) is 3.78. The molecule has 5 nitrogen and oxygen atoms in total. The Balaban J connectivity index is 2.23. The van der Waals surface area contributed by atoms with E-state index in [4.69, 9.17) is 5.11 Å². The summed E-state index contributed by atoms with van der Waals surface area (Å²) in [5.74, 6) is -0.171. The standard InChI is InChI=1S/C19H25N3O2/c1-3-7-18(17-9-4-5-11-20-17)22-16-10-6-8-15(14(16)2)19(24)21-12-13-23/h4-6,8-11,18,22-23H,3,7,12-13H2,1-2H3,(H,21,24). The maximum absolute atomic E-state index is 12.2. The first-order valence-electron chi connectivity index (χ1n) is 8.33. The highest BCUT2D eigenvalue weighted by molar-refractivity contribution is 5.97. The van der Waals surface area contributed by atoms with E-state index < -0.39 is 0 Å². The molecular formula is C19H25N3O2. The largest absolute Gasteiger partial charge is 0.395 e. The molecule has 5 heteroatoms. The molecule has 1 atom stereocenters. The highest BCUT2D eigenvalue weighted by Gasteiger charge is 2.16. The fourth-order valence-corrected chi connectivity index (χ4v) is 2.66. The van der Waals surface area contributed by atoms with E-state index in [1.807, 2.05) is 37.3 Å². The van der Waals surface area contributed by atoms with Gasteiger partial charge in [-0.05, 0) is 43.2 Å². The van der Waals surface area contributed by atoms with Gasteiger partial charge in [0.2, 0.25) is 0 Å². The first-order chi connectivity index (χ1) is 11.7. The molecule has 1 aromatic heterocycles. The van der Waals surface area contributed by atoms with E-state index in [0.29, 0.717) is 5.56 Å². The van der Waals surface area contributed by atoms with Crippen LogP contribution in [0.1, 0.15) is 47.4 Å². The Hall–Kier alpha value is -2.40. The Morgan fingerprint density at radius 1 is 1.25 bits per heavy atom. The molecule has 1 unspecified atom stereocenters. The fraction of sp³-hybridized carbons (Fsp3) is 0.368. The second kappa shape index (κ2) is 9.03. The van der Waals surface area contributed by atoms with Gasteiger partial charge in [0.15, 0.2) is 0 Å². The number of nitrogens with zero attached hydrogens (tertiary/aromatic N) is 1. The summed E-state index contributed by atoms with van der Waals surface area (Å²) >= 11 is 0. The molecule has 1 amide bonds. The molecule has 1 heterocycles. The van der Waals surface area contributed by atoms with Gasteiger partial charge in [-0.1, -0.05) is 25.5 Å². The number of hydrogen-bond acceptors (Lipinski definition) is 4. The quantitative estimate of drug-likeness (QED) is 0.696. The van der Waals surface area contributed by atoms with Crippen LogP contribution >= 0.6 is 0 Å². The molecule has 0 fully saturated rings. The Bertz CT molecular complexity index is 659. The van der Waals surface area contributed by atoms with Crippen LogP contribution in [-0.4, -0.2) is 29.1 Å². The van der Waals surface area contributed by atoms with Gasteiger partial charge in [-0.15, -0.1) is 0 Å². The van der Waals surface area contributed by atoms with Gasteiger partial charge in [0.25, 0.3) is 5.91 Å². The van der Waals surface area contributed by atoms with Gasteiger partial charge in [-0.2, -0.15) is 0 Å². The zero-order valence-corrected chi connectivity index (χ0v) is 14.2. The first kappa shape index (κ1) is 17.9. The van der Waals surface area contributed by atoms with Gasteiger partial charge >= 0.3 is 0 Å². The van der Waals surface area contributed by atoms with Gasteiger partial charge in [0.05, 0.1) is 18.3 Å². The molecule has 1 aromatic carbocycles. The van der Waals surface area contributed by atoms with Crippen LogP contribution < -0.4 is 10.6 Å². The maximum Gasteiger partial charge on any atom is 0.251 e. The lowest BCUT2D eigenvalue weighted by Crippen LogP contribution is -2.27. The van der Waals surface area contributed by atoms with E-state index in [0.717, 1.165) is 29.8 Å². The molecule has 0 saturated carbocycles. The van der Waals surface area contributed by atoms with E-state index in [9.17, 15) is 4.79 Å². The average Bonchev–Trinajstić information content (AvgIpc) is 2.61. The minimum Gasteiger partial charge on any atom is -0.395 e. The van der Waals surface area contributed by atoms with Crippen LogP contribution in [-0.2, 0) is 0 Å². The Morgan fingerprint density at radius 3 is 2.75 bits per heavy atom. The Kier molecular flexibility index (Phi) is 6.75. The predicted molar refractivity (Wildman–Crippen MR) is 96.1 cm³/mol. The van der Waals surface area contributed by atoms with Crippen molar-refractivity contribution in [3.63, 3.8) is 0 Å². The zero-order chi connectivity index (χ0) is 17.4. The SMILES string of the molecule is CCCC(Nc1cccc(C(=O)NCCO)c1C)c1ccccn1. The smallest absolute Gasteiger partial charge is 0.251 e. The number of carbonyl (C=O) groups is 1. The summed E-state index contributed by atoms with van der Waals surface area (Å²) in [4.78, 5) is 16.6. The molecule has 0 saturated heterocycles. The number of aliphatic hydroxyl groups excluding tert-OH is 1. The van der Waals surface area contributed by atoms with Gasteiger partial charge in [-0.3, -0.25) is 9.78 Å². The van der Waals surface area contributed by atoms with Crippen LogP contribution in [0.5, 0.6) is 0 Å². The van der Waals surface area contributed by atoms with Crippen LogP contribution in [0.25, 0.3) is 0 Å². The maximum atomic E-state index is 12.2. The van der Waals surface area contributed by atoms with Crippen molar-refractivity contribution in [2.75, 3.05) is 18.5 Å². The Morgan fingerprint density at radius 2 is 2.08 bits per heavy atom. The number of nitrogens with one attached hydrogen (secondary N) is 2. The number of pyridine rings is 1. The molecular weight excluding hydrogens is 302 g/mol. The van der Waals surface area contributed by atoms with E-state index in [1.165, 1.54) is 0 Å². The van der Waals surface area contributed by atoms with Crippen LogP contribution in [0.2, 0.25) is 0 Å². The van der Waals surface area contributed by atoms with Crippen molar-refractivity contribution in [3.05, 3.63) is 59.4 Å². The van der Waals surface area contributed by atoms with Crippen molar-refractivity contribution in [2.45, 2.75) is 32.7 Å². The molecule has 3 N–H and O–H groups in total. The minimum absolute atomic E-state index is 0.0685. The number of carbonyl (C=O) groups excluding carboxylic acids is 1. The van der Waals surface area contributed by atoms with Crippen molar-refractivity contribution in [2.24, 2.45) is 0 Å². The third kappa shape index (κ3) is 4.55. The van der Waals surface area contributed by atoms with Crippen molar-refractivity contribution >= 4 is 11.6 Å². The molecule has 0 aliphatic carbocycles. The molecule has 128 valence electrons. The van der Waals surface area contributed by atoms with Crippen LogP contribution in [0.4, 0.5) is 5.69 Å². The number of hydrogen-bond donors (Lipinski definition) is 3. The van der Waals surface area contributed by atoms with Gasteiger partial charge in [0, 0.05) is 24.0 Å². The molecule has 0 aliphatic rings. The highest BCUT2D eigenvalue weighted by Crippen LogP contribution is 2.26. The normalized spacial score (nSPS) is 11.8. The summed E-state index contributed by atoms with van der Waals surface area (Å²) in [6.45, 7) is 4.25. The number of anilines is 1. The van der Waals surface area contributed by atoms with Crippen molar-refractivity contribution < 1.29 is 9.90 Å². The summed E-state index contributed by atoms with van der Waals surface area (Å²) < 4.78 is 0. The molecule has 0 spiro atoms. The number of rotatable bonds is 8. The Labute approximate surface area is 143 Å². The van der Waals surface area contributed by atoms with Crippen molar-refractivity contribution in [3.8, 4) is 0 Å². The number of benzene rings is 1. The second-order valence-electron chi connectivity index (χ2n) is 5.70. The van der Waals surface area contributed by atoms with E-state index in [2.05, 4.69) is 22.5 Å². The molecule has 24 heavy (non-hydrogen) atoms. The fourth-order valence-electron chi connectivity index (χ4n) is 2.66. The van der Waals surface area contributed by atoms with Crippen LogP contribution in [0, 0.1) is 6.92 Å². The second-order valence-corrected chi connectivity index (χ2v) is 5.70. The van der Waals surface area contributed by atoms with Crippen LogP contribution in [0.3, 0.4) is 0 Å². The minimum atomic E-state index is -0.171. The highest BCUT2D eigenvalue weighted by atomic mass is 16.3. The van der Waals surface area contributed by atoms with E-state index in [1.54, 1.807) is 12.3 Å². The van der Waals surface area contributed by atoms with Gasteiger partial charge < -0.3 is 15.7 Å². The topological polar surface area (TPSA) is 74.2 Å². The third-order valence-corrected chi connectivity index (χ3v) is 3.93. The van der Waals surface area contributed by atoms with E-state index >= 15 is 0 Å². The predicted octanol–water partition coefficient (Wildman–Crippen LogP) is 3.07. The molecule has 2 rings (SSSR count). The number of aliphatic hydroxyl groups is 1. The molecule has 2 aromatic rings. The molecule has 0 bridgehead atoms. The first-order valence-corrected chi connectivity index (χ1v) is 8.33. The average molecular weight is 327 g/mol. The number of aromatic nitrogens is 1. The third-order valence-electron chi connectivity index (χ3n) is 3.93. The van der Waals surface area contributed by atoms with Crippen molar-refractivity contribution in [1.82, 2.24) is 10.3 Å².